The summed E-state index contributed by atoms with van der Waals surface area (Å²) < 4.78 is 7.32. The molecule has 3 aromatic heterocycles. The van der Waals surface area contributed by atoms with Crippen molar-refractivity contribution >= 4 is 115 Å². The van der Waals surface area contributed by atoms with Crippen LogP contribution >= 0.6 is 0 Å². The lowest BCUT2D eigenvalue weighted by atomic mass is 9.94. The van der Waals surface area contributed by atoms with Gasteiger partial charge in [-0.05, 0) is 95.4 Å². The Morgan fingerprint density at radius 3 is 0.987 bits per heavy atom. The fraction of sp³-hybridized carbons (Fsp3) is 0. The Balaban J connectivity index is 0.963. The zero-order valence-corrected chi connectivity index (χ0v) is 41.3. The molecular formula is C72H46N4. The number of hydrogen-bond acceptors (Lipinski definition) is 1. The molecule has 0 aliphatic heterocycles. The average molecular weight is 967 g/mol. The Bertz CT molecular complexity index is 4710. The summed E-state index contributed by atoms with van der Waals surface area (Å²) in [7, 11) is 0. The fourth-order valence-corrected chi connectivity index (χ4v) is 12.8. The van der Waals surface area contributed by atoms with Crippen LogP contribution in [-0.4, -0.2) is 13.7 Å². The predicted octanol–water partition coefficient (Wildman–Crippen LogP) is 19.6. The van der Waals surface area contributed by atoms with Crippen molar-refractivity contribution in [3.63, 3.8) is 0 Å². The van der Waals surface area contributed by atoms with E-state index in [-0.39, 0.29) is 0 Å². The maximum atomic E-state index is 2.54. The van der Waals surface area contributed by atoms with Gasteiger partial charge in [-0.15, -0.1) is 0 Å². The van der Waals surface area contributed by atoms with Crippen molar-refractivity contribution in [3.8, 4) is 28.2 Å². The smallest absolute Gasteiger partial charge is 0.0547 e. The summed E-state index contributed by atoms with van der Waals surface area (Å²) in [5.41, 5.74) is 16.2. The summed E-state index contributed by atoms with van der Waals surface area (Å²) in [5.74, 6) is 0. The van der Waals surface area contributed by atoms with Gasteiger partial charge in [-0.2, -0.15) is 0 Å². The van der Waals surface area contributed by atoms with Gasteiger partial charge in [-0.3, -0.25) is 0 Å². The highest BCUT2D eigenvalue weighted by molar-refractivity contribution is 6.17. The molecule has 4 heteroatoms. The van der Waals surface area contributed by atoms with Crippen molar-refractivity contribution in [3.05, 3.63) is 279 Å². The van der Waals surface area contributed by atoms with Crippen molar-refractivity contribution < 1.29 is 0 Å². The fourth-order valence-electron chi connectivity index (χ4n) is 12.8. The first-order valence-electron chi connectivity index (χ1n) is 26.2. The monoisotopic (exact) mass is 966 g/mol. The first-order valence-corrected chi connectivity index (χ1v) is 26.2. The second kappa shape index (κ2) is 16.7. The molecule has 0 aliphatic rings. The van der Waals surface area contributed by atoms with Crippen molar-refractivity contribution in [2.75, 3.05) is 4.90 Å². The average Bonchev–Trinajstić information content (AvgIpc) is 4.18. The van der Waals surface area contributed by atoms with Crippen LogP contribution in [0.3, 0.4) is 0 Å². The summed E-state index contributed by atoms with van der Waals surface area (Å²) >= 11 is 0. The molecule has 16 rings (SSSR count). The second-order valence-corrected chi connectivity index (χ2v) is 20.0. The van der Waals surface area contributed by atoms with Crippen molar-refractivity contribution in [1.82, 2.24) is 13.7 Å². The molecule has 0 atom stereocenters. The van der Waals surface area contributed by atoms with Crippen LogP contribution in [0.1, 0.15) is 0 Å². The predicted molar refractivity (Wildman–Crippen MR) is 322 cm³/mol. The molecule has 354 valence electrons. The van der Waals surface area contributed by atoms with Crippen LogP contribution in [0.2, 0.25) is 0 Å². The van der Waals surface area contributed by atoms with Gasteiger partial charge in [-0.25, -0.2) is 0 Å². The number of anilines is 3. The molecule has 13 aromatic carbocycles. The van der Waals surface area contributed by atoms with Gasteiger partial charge in [0.1, 0.15) is 0 Å². The molecule has 0 radical (unpaired) electrons. The molecule has 0 aliphatic carbocycles. The molecule has 0 unspecified atom stereocenters. The third-order valence-corrected chi connectivity index (χ3v) is 16.0. The topological polar surface area (TPSA) is 18.0 Å². The number of rotatable bonds is 7. The van der Waals surface area contributed by atoms with E-state index in [1.807, 2.05) is 0 Å². The lowest BCUT2D eigenvalue weighted by molar-refractivity contribution is 1.18. The summed E-state index contributed by atoms with van der Waals surface area (Å²) in [6.45, 7) is 0. The molecule has 0 N–H and O–H groups in total. The maximum absolute atomic E-state index is 2.54. The van der Waals surface area contributed by atoms with Gasteiger partial charge in [0.2, 0.25) is 0 Å². The third-order valence-electron chi connectivity index (χ3n) is 16.0. The van der Waals surface area contributed by atoms with Gasteiger partial charge < -0.3 is 18.6 Å². The lowest BCUT2D eigenvalue weighted by Crippen LogP contribution is -2.13. The van der Waals surface area contributed by atoms with E-state index in [0.717, 1.165) is 50.3 Å². The van der Waals surface area contributed by atoms with E-state index in [4.69, 9.17) is 0 Å². The molecule has 0 saturated carbocycles. The van der Waals surface area contributed by atoms with E-state index in [1.54, 1.807) is 0 Å². The molecule has 76 heavy (non-hydrogen) atoms. The Hall–Kier alpha value is -10.2. The molecule has 0 bridgehead atoms. The van der Waals surface area contributed by atoms with Crippen LogP contribution in [-0.2, 0) is 0 Å². The minimum Gasteiger partial charge on any atom is -0.309 e. The van der Waals surface area contributed by atoms with Crippen molar-refractivity contribution in [2.24, 2.45) is 0 Å². The highest BCUT2D eigenvalue weighted by Gasteiger charge is 2.25. The number of benzene rings is 13. The Kier molecular flexibility index (Phi) is 9.30. The van der Waals surface area contributed by atoms with Gasteiger partial charge in [0.25, 0.3) is 0 Å². The van der Waals surface area contributed by atoms with Gasteiger partial charge in [-0.1, -0.05) is 200 Å². The number of para-hydroxylation sites is 6. The zero-order valence-electron chi connectivity index (χ0n) is 41.3. The van der Waals surface area contributed by atoms with E-state index < -0.39 is 0 Å². The number of aromatic nitrogens is 3. The first-order chi connectivity index (χ1) is 37.8. The summed E-state index contributed by atoms with van der Waals surface area (Å²) in [6.07, 6.45) is 0. The molecule has 4 nitrogen and oxygen atoms in total. The van der Waals surface area contributed by atoms with Crippen LogP contribution in [0.25, 0.3) is 126 Å². The SMILES string of the molecule is c1ccc(-n2c3ccccc3c3ccc(-c4ccc(N(c5ccc(-n6c7ccccc7c7ccccc76)c6ccccc56)c5ccc(-n6c7ccccc7c7ccccc76)c6ccccc56)c5ccccc45)cc32)cc1. The molecule has 0 fully saturated rings. The normalized spacial score (nSPS) is 11.9. The van der Waals surface area contributed by atoms with E-state index in [2.05, 4.69) is 298 Å². The highest BCUT2D eigenvalue weighted by atomic mass is 15.2. The number of nitrogens with zero attached hydrogens (tertiary/aromatic N) is 4. The summed E-state index contributed by atoms with van der Waals surface area (Å²) in [6, 6.07) is 103. The standard InChI is InChI=1S/C72H46N4/c1-2-20-48(21-3-1)73-62-33-15-10-32-60(62)61-39-38-47(46-72(61)73)49-40-41-67(51-23-5-4-22-50(49)51)76(70-44-42-68(56-24-6-8-26-58(56)70)74-63-34-16-11-28-52(63)53-29-12-17-35-64(53)74)71-45-43-69(57-25-7-9-27-59(57)71)75-65-36-18-13-30-54(65)55-31-14-19-37-66(55)75/h1-46H. The van der Waals surface area contributed by atoms with E-state index >= 15 is 0 Å². The van der Waals surface area contributed by atoms with E-state index in [1.165, 1.54) is 92.7 Å². The zero-order chi connectivity index (χ0) is 49.8. The van der Waals surface area contributed by atoms with Gasteiger partial charge in [0.15, 0.2) is 0 Å². The van der Waals surface area contributed by atoms with E-state index in [0.29, 0.717) is 0 Å². The molecular weight excluding hydrogens is 921 g/mol. The third kappa shape index (κ3) is 6.19. The second-order valence-electron chi connectivity index (χ2n) is 20.0. The Morgan fingerprint density at radius 2 is 0.539 bits per heavy atom. The van der Waals surface area contributed by atoms with Crippen molar-refractivity contribution in [2.45, 2.75) is 0 Å². The number of fused-ring (bicyclic) bond motifs is 12. The summed E-state index contributed by atoms with van der Waals surface area (Å²) in [5, 5.41) is 14.5. The Labute approximate surface area is 438 Å². The van der Waals surface area contributed by atoms with Gasteiger partial charge in [0.05, 0.1) is 61.5 Å². The van der Waals surface area contributed by atoms with Crippen LogP contribution in [0.4, 0.5) is 17.1 Å². The highest BCUT2D eigenvalue weighted by Crippen LogP contribution is 2.49. The quantitative estimate of drug-likeness (QED) is 0.156. The molecule has 0 amide bonds. The largest absolute Gasteiger partial charge is 0.309 e. The Morgan fingerprint density at radius 1 is 0.211 bits per heavy atom. The van der Waals surface area contributed by atoms with Crippen molar-refractivity contribution in [1.29, 1.82) is 0 Å². The first kappa shape index (κ1) is 42.4. The number of hydrogen-bond donors (Lipinski definition) is 0. The van der Waals surface area contributed by atoms with Crippen LogP contribution in [0.5, 0.6) is 0 Å². The molecule has 0 saturated heterocycles. The molecule has 3 heterocycles. The van der Waals surface area contributed by atoms with E-state index in [9.17, 15) is 0 Å². The minimum absolute atomic E-state index is 1.10. The molecule has 0 spiro atoms. The van der Waals surface area contributed by atoms with Crippen LogP contribution in [0, 0.1) is 0 Å². The molecule has 16 aromatic rings. The lowest BCUT2D eigenvalue weighted by Gasteiger charge is -2.31. The van der Waals surface area contributed by atoms with Crippen LogP contribution in [0.15, 0.2) is 279 Å². The maximum Gasteiger partial charge on any atom is 0.0547 e. The van der Waals surface area contributed by atoms with Crippen LogP contribution < -0.4 is 4.90 Å². The van der Waals surface area contributed by atoms with Gasteiger partial charge >= 0.3 is 0 Å². The van der Waals surface area contributed by atoms with Gasteiger partial charge in [0, 0.05) is 64.9 Å². The summed E-state index contributed by atoms with van der Waals surface area (Å²) in [4.78, 5) is 2.54. The minimum atomic E-state index is 1.10.